The van der Waals surface area contributed by atoms with Crippen LogP contribution in [0.15, 0.2) is 60.9 Å². The van der Waals surface area contributed by atoms with Crippen LogP contribution in [0.25, 0.3) is 0 Å². The van der Waals surface area contributed by atoms with Crippen LogP contribution in [0.2, 0.25) is 0 Å². The van der Waals surface area contributed by atoms with Crippen molar-refractivity contribution in [3.05, 3.63) is 77.6 Å². The highest BCUT2D eigenvalue weighted by Crippen LogP contribution is 2.46. The summed E-state index contributed by atoms with van der Waals surface area (Å²) >= 11 is 0. The van der Waals surface area contributed by atoms with Gasteiger partial charge in [-0.05, 0) is 41.5 Å². The van der Waals surface area contributed by atoms with Gasteiger partial charge in [-0.2, -0.15) is 0 Å². The number of nitrogens with one attached hydrogen (secondary N) is 1. The molecular weight excluding hydrogens is 422 g/mol. The van der Waals surface area contributed by atoms with E-state index in [0.717, 1.165) is 5.56 Å². The lowest BCUT2D eigenvalue weighted by Gasteiger charge is -2.40. The van der Waals surface area contributed by atoms with Crippen molar-refractivity contribution in [1.29, 1.82) is 0 Å². The topological polar surface area (TPSA) is 90.0 Å². The number of carbonyl (C=O) groups is 2. The maximum absolute atomic E-state index is 13.8. The Kier molecular flexibility index (Phi) is 6.17. The van der Waals surface area contributed by atoms with Gasteiger partial charge in [0.05, 0.1) is 39.0 Å². The quantitative estimate of drug-likeness (QED) is 0.620. The summed E-state index contributed by atoms with van der Waals surface area (Å²) in [5, 5.41) is 2.98. The number of amides is 2. The SMILES string of the molecule is COc1ccccc1NC(=O)[C@@H]1c2cc(OC)c(OC)cc2C(=O)N(C)[C@H]1c1cccnc1. The van der Waals surface area contributed by atoms with Crippen LogP contribution in [0.4, 0.5) is 5.69 Å². The molecule has 1 aromatic heterocycles. The molecule has 8 nitrogen and oxygen atoms in total. The molecule has 2 atom stereocenters. The monoisotopic (exact) mass is 447 g/mol. The van der Waals surface area contributed by atoms with Crippen molar-refractivity contribution >= 4 is 17.5 Å². The summed E-state index contributed by atoms with van der Waals surface area (Å²) in [6.07, 6.45) is 3.32. The zero-order chi connectivity index (χ0) is 23.5. The molecule has 0 spiro atoms. The third kappa shape index (κ3) is 3.95. The van der Waals surface area contributed by atoms with E-state index in [1.54, 1.807) is 61.8 Å². The number of pyridine rings is 1. The number of benzene rings is 2. The van der Waals surface area contributed by atoms with E-state index in [4.69, 9.17) is 14.2 Å². The first-order valence-corrected chi connectivity index (χ1v) is 10.4. The summed E-state index contributed by atoms with van der Waals surface area (Å²) in [6.45, 7) is 0. The summed E-state index contributed by atoms with van der Waals surface area (Å²) in [5.41, 5.74) is 2.22. The highest BCUT2D eigenvalue weighted by Gasteiger charge is 2.43. The van der Waals surface area contributed by atoms with Crippen LogP contribution in [0.1, 0.15) is 33.4 Å². The van der Waals surface area contributed by atoms with Crippen molar-refractivity contribution < 1.29 is 23.8 Å². The number of aromatic nitrogens is 1. The number of hydrogen-bond acceptors (Lipinski definition) is 6. The molecule has 4 rings (SSSR count). The number of methoxy groups -OCH3 is 3. The molecule has 0 aliphatic carbocycles. The van der Waals surface area contributed by atoms with Gasteiger partial charge >= 0.3 is 0 Å². The fraction of sp³-hybridized carbons (Fsp3) is 0.240. The number of para-hydroxylation sites is 2. The standard InChI is InChI=1S/C25H25N3O5/c1-28-23(15-8-7-11-26-14-15)22(24(29)27-18-9-5-6-10-19(18)31-2)16-12-20(32-3)21(33-4)13-17(16)25(28)30/h5-14,22-23H,1-4H3,(H,27,29)/t22-,23+/m1/s1. The normalized spacial score (nSPS) is 17.2. The molecule has 33 heavy (non-hydrogen) atoms. The van der Waals surface area contributed by atoms with Crippen molar-refractivity contribution in [1.82, 2.24) is 9.88 Å². The number of likely N-dealkylation sites (N-methyl/N-ethyl adjacent to an activating group) is 1. The van der Waals surface area contributed by atoms with Crippen LogP contribution in [-0.4, -0.2) is 50.1 Å². The molecule has 2 amide bonds. The minimum atomic E-state index is -0.739. The number of anilines is 1. The second-order valence-corrected chi connectivity index (χ2v) is 7.61. The fourth-order valence-corrected chi connectivity index (χ4v) is 4.26. The predicted molar refractivity (Wildman–Crippen MR) is 123 cm³/mol. The molecule has 2 aromatic carbocycles. The Labute approximate surface area is 192 Å². The van der Waals surface area contributed by atoms with Gasteiger partial charge in [0.1, 0.15) is 5.75 Å². The lowest BCUT2D eigenvalue weighted by molar-refractivity contribution is -0.119. The molecule has 0 bridgehead atoms. The third-order valence-electron chi connectivity index (χ3n) is 5.85. The Morgan fingerprint density at radius 3 is 2.33 bits per heavy atom. The summed E-state index contributed by atoms with van der Waals surface area (Å²) in [7, 11) is 6.25. The molecule has 8 heteroatoms. The van der Waals surface area contributed by atoms with E-state index >= 15 is 0 Å². The Balaban J connectivity index is 1.88. The minimum absolute atomic E-state index is 0.221. The van der Waals surface area contributed by atoms with Crippen LogP contribution in [-0.2, 0) is 4.79 Å². The summed E-state index contributed by atoms with van der Waals surface area (Å²) in [4.78, 5) is 32.9. The van der Waals surface area contributed by atoms with Gasteiger partial charge in [0.2, 0.25) is 5.91 Å². The van der Waals surface area contributed by atoms with Crippen molar-refractivity contribution in [3.63, 3.8) is 0 Å². The zero-order valence-corrected chi connectivity index (χ0v) is 18.9. The Hall–Kier alpha value is -4.07. The average Bonchev–Trinajstić information content (AvgIpc) is 2.85. The first kappa shape index (κ1) is 22.1. The van der Waals surface area contributed by atoms with Gasteiger partial charge in [-0.25, -0.2) is 0 Å². The largest absolute Gasteiger partial charge is 0.495 e. The Morgan fingerprint density at radius 2 is 1.67 bits per heavy atom. The molecule has 1 aliphatic rings. The third-order valence-corrected chi connectivity index (χ3v) is 5.85. The minimum Gasteiger partial charge on any atom is -0.495 e. The Morgan fingerprint density at radius 1 is 0.970 bits per heavy atom. The van der Waals surface area contributed by atoms with Crippen LogP contribution >= 0.6 is 0 Å². The van der Waals surface area contributed by atoms with E-state index in [-0.39, 0.29) is 11.8 Å². The molecule has 2 heterocycles. The van der Waals surface area contributed by atoms with Gasteiger partial charge in [-0.15, -0.1) is 0 Å². The van der Waals surface area contributed by atoms with E-state index in [1.165, 1.54) is 14.2 Å². The fourth-order valence-electron chi connectivity index (χ4n) is 4.26. The van der Waals surface area contributed by atoms with Crippen molar-refractivity contribution in [2.24, 2.45) is 0 Å². The summed E-state index contributed by atoms with van der Waals surface area (Å²) in [6, 6.07) is 13.6. The van der Waals surface area contributed by atoms with Crippen molar-refractivity contribution in [2.45, 2.75) is 12.0 Å². The molecule has 0 saturated carbocycles. The van der Waals surface area contributed by atoms with E-state index in [0.29, 0.717) is 34.1 Å². The summed E-state index contributed by atoms with van der Waals surface area (Å²) in [5.74, 6) is 0.144. The van der Waals surface area contributed by atoms with Gasteiger partial charge in [-0.1, -0.05) is 18.2 Å². The van der Waals surface area contributed by atoms with E-state index < -0.39 is 12.0 Å². The maximum atomic E-state index is 13.8. The highest BCUT2D eigenvalue weighted by atomic mass is 16.5. The lowest BCUT2D eigenvalue weighted by atomic mass is 9.79. The van der Waals surface area contributed by atoms with Gasteiger partial charge in [0.25, 0.3) is 5.91 Å². The van der Waals surface area contributed by atoms with Crippen LogP contribution in [0, 0.1) is 0 Å². The second-order valence-electron chi connectivity index (χ2n) is 7.61. The average molecular weight is 447 g/mol. The molecule has 0 radical (unpaired) electrons. The molecule has 3 aromatic rings. The van der Waals surface area contributed by atoms with E-state index in [2.05, 4.69) is 10.3 Å². The number of rotatable bonds is 6. The number of hydrogen-bond donors (Lipinski definition) is 1. The van der Waals surface area contributed by atoms with Crippen LogP contribution in [0.5, 0.6) is 17.2 Å². The molecule has 1 N–H and O–H groups in total. The highest BCUT2D eigenvalue weighted by molar-refractivity contribution is 6.05. The number of nitrogens with zero attached hydrogens (tertiary/aromatic N) is 2. The van der Waals surface area contributed by atoms with Gasteiger partial charge in [0, 0.05) is 25.0 Å². The van der Waals surface area contributed by atoms with E-state index in [9.17, 15) is 9.59 Å². The lowest BCUT2D eigenvalue weighted by Crippen LogP contribution is -2.44. The second kappa shape index (κ2) is 9.20. The predicted octanol–water partition coefficient (Wildman–Crippen LogP) is 3.66. The number of ether oxygens (including phenoxy) is 3. The smallest absolute Gasteiger partial charge is 0.254 e. The zero-order valence-electron chi connectivity index (χ0n) is 18.9. The molecule has 1 aliphatic heterocycles. The van der Waals surface area contributed by atoms with Crippen LogP contribution in [0.3, 0.4) is 0 Å². The van der Waals surface area contributed by atoms with Gasteiger partial charge < -0.3 is 24.4 Å². The Bertz CT molecular complexity index is 1180. The molecular formula is C25H25N3O5. The van der Waals surface area contributed by atoms with Crippen molar-refractivity contribution in [2.75, 3.05) is 33.7 Å². The van der Waals surface area contributed by atoms with Crippen LogP contribution < -0.4 is 19.5 Å². The first-order chi connectivity index (χ1) is 16.0. The molecule has 0 saturated heterocycles. The molecule has 0 fully saturated rings. The number of fused-ring (bicyclic) bond motifs is 1. The van der Waals surface area contributed by atoms with Gasteiger partial charge in [0.15, 0.2) is 11.5 Å². The molecule has 0 unspecified atom stereocenters. The first-order valence-electron chi connectivity index (χ1n) is 10.4. The maximum Gasteiger partial charge on any atom is 0.254 e. The number of carbonyl (C=O) groups excluding carboxylic acids is 2. The van der Waals surface area contributed by atoms with E-state index in [1.807, 2.05) is 18.2 Å². The summed E-state index contributed by atoms with van der Waals surface area (Å²) < 4.78 is 16.3. The van der Waals surface area contributed by atoms with Gasteiger partial charge in [-0.3, -0.25) is 14.6 Å². The van der Waals surface area contributed by atoms with Crippen molar-refractivity contribution in [3.8, 4) is 17.2 Å². The molecule has 170 valence electrons.